The quantitative estimate of drug-likeness (QED) is 0.387. The molecule has 1 amide bonds. The van der Waals surface area contributed by atoms with Crippen LogP contribution in [0.25, 0.3) is 0 Å². The molecule has 12 heavy (non-hydrogen) atoms. The number of nitroso groups, excluding NO2 is 1. The Bertz CT molecular complexity index is 274. The molecule has 62 valence electrons. The second-order valence-corrected chi connectivity index (χ2v) is 2.37. The highest BCUT2D eigenvalue weighted by atomic mass is 16.3. The van der Waals surface area contributed by atoms with Crippen molar-refractivity contribution in [3.8, 4) is 0 Å². The Morgan fingerprint density at radius 1 is 1.33 bits per heavy atom. The Balaban J connectivity index is 2.94. The molecule has 0 heterocycles. The summed E-state index contributed by atoms with van der Waals surface area (Å²) < 4.78 is 0. The van der Waals surface area contributed by atoms with Crippen molar-refractivity contribution in [2.75, 3.05) is 5.01 Å². The number of hydrogen-bond acceptors (Lipinski definition) is 3. The van der Waals surface area contributed by atoms with E-state index in [1.54, 1.807) is 24.3 Å². The highest BCUT2D eigenvalue weighted by Crippen LogP contribution is 2.13. The molecule has 1 rings (SSSR count). The normalized spacial score (nSPS) is 9.08. The largest absolute Gasteiger partial charge is 0.276 e. The fourth-order valence-electron chi connectivity index (χ4n) is 0.825. The molecule has 0 aliphatic rings. The molecule has 0 N–H and O–H groups in total. The molecule has 0 fully saturated rings. The number of aryl methyl sites for hydroxylation is 1. The summed E-state index contributed by atoms with van der Waals surface area (Å²) in [5.74, 6) is 0. The monoisotopic (exact) mass is 164 g/mol. The molecule has 0 saturated heterocycles. The fraction of sp³-hybridized carbons (Fsp3) is 0.125. The molecular formula is C8H8N2O2. The lowest BCUT2D eigenvalue weighted by Gasteiger charge is -2.05. The zero-order valence-electron chi connectivity index (χ0n) is 6.60. The minimum atomic E-state index is 0.373. The van der Waals surface area contributed by atoms with Crippen molar-refractivity contribution in [2.24, 2.45) is 5.29 Å². The first-order chi connectivity index (χ1) is 5.77. The van der Waals surface area contributed by atoms with Gasteiger partial charge in [0, 0.05) is 0 Å². The molecule has 0 radical (unpaired) electrons. The van der Waals surface area contributed by atoms with E-state index < -0.39 is 0 Å². The van der Waals surface area contributed by atoms with Crippen LogP contribution in [0.5, 0.6) is 0 Å². The van der Waals surface area contributed by atoms with Crippen LogP contribution in [0.15, 0.2) is 29.6 Å². The second-order valence-electron chi connectivity index (χ2n) is 2.37. The molecule has 0 unspecified atom stereocenters. The fourth-order valence-corrected chi connectivity index (χ4v) is 0.825. The zero-order valence-corrected chi connectivity index (χ0v) is 6.60. The topological polar surface area (TPSA) is 49.7 Å². The number of carbonyl (C=O) groups is 1. The molecule has 4 heteroatoms. The third-order valence-corrected chi connectivity index (χ3v) is 1.49. The maximum Gasteiger partial charge on any atom is 0.237 e. The first-order valence-corrected chi connectivity index (χ1v) is 3.42. The standard InChI is InChI=1S/C8H8N2O2/c1-7-2-4-8(5-3-7)10(6-11)9-12/h2-6H,1H3. The molecule has 0 aliphatic carbocycles. The van der Waals surface area contributed by atoms with Crippen LogP contribution in [0.2, 0.25) is 0 Å². The third-order valence-electron chi connectivity index (χ3n) is 1.49. The van der Waals surface area contributed by atoms with E-state index in [0.717, 1.165) is 10.6 Å². The summed E-state index contributed by atoms with van der Waals surface area (Å²) in [7, 11) is 0. The number of anilines is 1. The summed E-state index contributed by atoms with van der Waals surface area (Å²) in [6.07, 6.45) is 0.373. The van der Waals surface area contributed by atoms with E-state index in [1.165, 1.54) is 0 Å². The molecule has 0 saturated carbocycles. The molecule has 0 atom stereocenters. The molecule has 0 spiro atoms. The van der Waals surface area contributed by atoms with Crippen LogP contribution in [-0.2, 0) is 4.79 Å². The van der Waals surface area contributed by atoms with E-state index in [4.69, 9.17) is 0 Å². The summed E-state index contributed by atoms with van der Waals surface area (Å²) in [4.78, 5) is 20.3. The smallest absolute Gasteiger partial charge is 0.237 e. The predicted octanol–water partition coefficient (Wildman–Crippen LogP) is 1.64. The Hall–Kier alpha value is -1.71. The van der Waals surface area contributed by atoms with Crippen LogP contribution in [0.4, 0.5) is 5.69 Å². The lowest BCUT2D eigenvalue weighted by atomic mass is 10.2. The van der Waals surface area contributed by atoms with E-state index >= 15 is 0 Å². The van der Waals surface area contributed by atoms with Crippen LogP contribution in [0.3, 0.4) is 0 Å². The number of nitrogens with zero attached hydrogens (tertiary/aromatic N) is 2. The Kier molecular flexibility index (Phi) is 2.53. The van der Waals surface area contributed by atoms with E-state index in [-0.39, 0.29) is 0 Å². The Labute approximate surface area is 69.7 Å². The molecule has 1 aromatic carbocycles. The van der Waals surface area contributed by atoms with Gasteiger partial charge in [-0.05, 0) is 19.1 Å². The van der Waals surface area contributed by atoms with Crippen molar-refractivity contribution in [1.82, 2.24) is 0 Å². The van der Waals surface area contributed by atoms with Crippen molar-refractivity contribution in [3.05, 3.63) is 34.7 Å². The Morgan fingerprint density at radius 2 is 1.92 bits per heavy atom. The second kappa shape index (κ2) is 3.61. The highest BCUT2D eigenvalue weighted by Gasteiger charge is 2.02. The molecule has 4 nitrogen and oxygen atoms in total. The van der Waals surface area contributed by atoms with Gasteiger partial charge in [0.25, 0.3) is 0 Å². The van der Waals surface area contributed by atoms with Gasteiger partial charge in [-0.25, -0.2) is 0 Å². The number of rotatable bonds is 3. The van der Waals surface area contributed by atoms with Gasteiger partial charge in [-0.2, -0.15) is 5.01 Å². The van der Waals surface area contributed by atoms with Crippen molar-refractivity contribution >= 4 is 12.1 Å². The summed E-state index contributed by atoms with van der Waals surface area (Å²) in [6, 6.07) is 6.92. The number of amides is 1. The molecular weight excluding hydrogens is 156 g/mol. The van der Waals surface area contributed by atoms with Crippen molar-refractivity contribution in [1.29, 1.82) is 0 Å². The molecule has 0 aromatic heterocycles. The van der Waals surface area contributed by atoms with Gasteiger partial charge >= 0.3 is 0 Å². The van der Waals surface area contributed by atoms with Crippen LogP contribution >= 0.6 is 0 Å². The van der Waals surface area contributed by atoms with Gasteiger partial charge in [0.05, 0.1) is 11.0 Å². The summed E-state index contributed by atoms with van der Waals surface area (Å²) >= 11 is 0. The van der Waals surface area contributed by atoms with E-state index in [9.17, 15) is 9.70 Å². The number of benzene rings is 1. The number of carbonyl (C=O) groups excluding carboxylic acids is 1. The van der Waals surface area contributed by atoms with Gasteiger partial charge < -0.3 is 0 Å². The summed E-state index contributed by atoms with van der Waals surface area (Å²) in [5.41, 5.74) is 1.54. The van der Waals surface area contributed by atoms with Gasteiger partial charge in [-0.3, -0.25) is 4.79 Å². The highest BCUT2D eigenvalue weighted by molar-refractivity contribution is 5.73. The van der Waals surface area contributed by atoms with Crippen molar-refractivity contribution < 1.29 is 4.79 Å². The van der Waals surface area contributed by atoms with Gasteiger partial charge in [0.2, 0.25) is 6.41 Å². The molecule has 0 aliphatic heterocycles. The van der Waals surface area contributed by atoms with E-state index in [0.29, 0.717) is 12.1 Å². The molecule has 1 aromatic rings. The maximum absolute atomic E-state index is 10.3. The maximum atomic E-state index is 10.3. The van der Waals surface area contributed by atoms with Gasteiger partial charge in [0.15, 0.2) is 0 Å². The minimum absolute atomic E-state index is 0.373. The zero-order chi connectivity index (χ0) is 8.97. The molecule has 0 bridgehead atoms. The van der Waals surface area contributed by atoms with Crippen molar-refractivity contribution in [3.63, 3.8) is 0 Å². The number of hydrogen-bond donors (Lipinski definition) is 0. The minimum Gasteiger partial charge on any atom is -0.276 e. The lowest BCUT2D eigenvalue weighted by molar-refractivity contribution is -0.107. The van der Waals surface area contributed by atoms with E-state index in [1.807, 2.05) is 6.92 Å². The van der Waals surface area contributed by atoms with Gasteiger partial charge in [-0.1, -0.05) is 17.7 Å². The van der Waals surface area contributed by atoms with Crippen LogP contribution in [0.1, 0.15) is 5.56 Å². The van der Waals surface area contributed by atoms with Crippen LogP contribution in [0, 0.1) is 11.8 Å². The van der Waals surface area contributed by atoms with E-state index in [2.05, 4.69) is 5.29 Å². The van der Waals surface area contributed by atoms with Gasteiger partial charge in [0.1, 0.15) is 0 Å². The Morgan fingerprint density at radius 3 is 2.33 bits per heavy atom. The SMILES string of the molecule is Cc1ccc(N(C=O)N=O)cc1. The average Bonchev–Trinajstić information content (AvgIpc) is 2.10. The first kappa shape index (κ1) is 8.39. The first-order valence-electron chi connectivity index (χ1n) is 3.42. The average molecular weight is 164 g/mol. The van der Waals surface area contributed by atoms with Gasteiger partial charge in [-0.15, -0.1) is 4.91 Å². The summed E-state index contributed by atoms with van der Waals surface area (Å²) in [6.45, 7) is 1.92. The summed E-state index contributed by atoms with van der Waals surface area (Å²) in [5, 5.41) is 3.26. The van der Waals surface area contributed by atoms with Crippen LogP contribution in [-0.4, -0.2) is 6.41 Å². The third kappa shape index (κ3) is 1.66. The lowest BCUT2D eigenvalue weighted by Crippen LogP contribution is -2.11. The van der Waals surface area contributed by atoms with Crippen LogP contribution < -0.4 is 5.01 Å². The predicted molar refractivity (Wildman–Crippen MR) is 45.5 cm³/mol. The van der Waals surface area contributed by atoms with Crippen molar-refractivity contribution in [2.45, 2.75) is 6.92 Å².